The van der Waals surface area contributed by atoms with Crippen LogP contribution in [0.25, 0.3) is 11.1 Å². The second-order valence-corrected chi connectivity index (χ2v) is 12.3. The second-order valence-electron chi connectivity index (χ2n) is 10.3. The number of aryl methyl sites for hydroxylation is 1. The van der Waals surface area contributed by atoms with E-state index in [-0.39, 0.29) is 23.8 Å². The normalized spacial score (nSPS) is 19.9. The van der Waals surface area contributed by atoms with E-state index in [9.17, 15) is 13.2 Å². The SMILES string of the molecule is Cc1ccc(S(=O)(=O)N2CC3=CC(=O)C(c4ccccc4)=C(c4ccccc4)CC3(c3ccccc3)C2)cc1. The summed E-state index contributed by atoms with van der Waals surface area (Å²) >= 11 is 0. The number of fused-ring (bicyclic) bond motifs is 1. The molecule has 4 aromatic rings. The van der Waals surface area contributed by atoms with Gasteiger partial charge in [-0.15, -0.1) is 0 Å². The number of rotatable bonds is 5. The van der Waals surface area contributed by atoms with E-state index < -0.39 is 15.4 Å². The number of hydrogen-bond acceptors (Lipinski definition) is 3. The minimum atomic E-state index is -3.77. The molecule has 194 valence electrons. The van der Waals surface area contributed by atoms with Crippen molar-refractivity contribution in [1.82, 2.24) is 4.31 Å². The molecule has 1 aliphatic carbocycles. The summed E-state index contributed by atoms with van der Waals surface area (Å²) in [6.45, 7) is 2.36. The van der Waals surface area contributed by atoms with Crippen LogP contribution >= 0.6 is 0 Å². The molecule has 0 bridgehead atoms. The smallest absolute Gasteiger partial charge is 0.243 e. The molecule has 0 saturated carbocycles. The minimum absolute atomic E-state index is 0.0950. The summed E-state index contributed by atoms with van der Waals surface area (Å²) in [7, 11) is -3.77. The number of carbonyl (C=O) groups excluding carboxylic acids is 1. The molecule has 0 spiro atoms. The standard InChI is InChI=1S/C34H29NO3S/c1-25-17-19-30(20-18-25)39(37,38)35-23-29-21-32(36)33(27-13-7-3-8-14-27)31(26-11-5-2-6-12-26)22-34(29,24-35)28-15-9-4-10-16-28/h2-21H,22-24H2,1H3. The molecule has 0 N–H and O–H groups in total. The first kappa shape index (κ1) is 25.2. The van der Waals surface area contributed by atoms with Crippen LogP contribution in [0.3, 0.4) is 0 Å². The molecule has 0 aromatic heterocycles. The lowest BCUT2D eigenvalue weighted by molar-refractivity contribution is -0.109. The van der Waals surface area contributed by atoms with Crippen molar-refractivity contribution in [2.45, 2.75) is 23.7 Å². The molecule has 39 heavy (non-hydrogen) atoms. The fourth-order valence-corrected chi connectivity index (χ4v) is 7.37. The van der Waals surface area contributed by atoms with Gasteiger partial charge in [0.15, 0.2) is 5.78 Å². The van der Waals surface area contributed by atoms with Gasteiger partial charge < -0.3 is 0 Å². The monoisotopic (exact) mass is 531 g/mol. The fraction of sp³-hybridized carbons (Fsp3) is 0.147. The van der Waals surface area contributed by atoms with Crippen molar-refractivity contribution >= 4 is 27.0 Å². The molecule has 1 unspecified atom stereocenters. The van der Waals surface area contributed by atoms with Crippen LogP contribution in [0.2, 0.25) is 0 Å². The molecule has 0 amide bonds. The summed E-state index contributed by atoms with van der Waals surface area (Å²) in [5.41, 5.74) is 5.59. The van der Waals surface area contributed by atoms with Gasteiger partial charge in [-0.3, -0.25) is 4.79 Å². The first-order chi connectivity index (χ1) is 18.9. The number of hydrogen-bond donors (Lipinski definition) is 0. The number of ketones is 1. The van der Waals surface area contributed by atoms with Gasteiger partial charge in [0.05, 0.1) is 4.90 Å². The quantitative estimate of drug-likeness (QED) is 0.298. The maximum atomic E-state index is 14.1. The van der Waals surface area contributed by atoms with Gasteiger partial charge >= 0.3 is 0 Å². The average molecular weight is 532 g/mol. The van der Waals surface area contributed by atoms with E-state index in [2.05, 4.69) is 12.1 Å². The maximum Gasteiger partial charge on any atom is 0.243 e. The zero-order valence-corrected chi connectivity index (χ0v) is 22.6. The summed E-state index contributed by atoms with van der Waals surface area (Å²) in [4.78, 5) is 14.3. The Hall–Kier alpha value is -4.06. The van der Waals surface area contributed by atoms with E-state index in [1.807, 2.05) is 97.9 Å². The molecule has 6 rings (SSSR count). The van der Waals surface area contributed by atoms with E-state index in [0.717, 1.165) is 33.4 Å². The Labute approximate surface area is 230 Å². The molecule has 1 aliphatic heterocycles. The van der Waals surface area contributed by atoms with Crippen molar-refractivity contribution in [2.75, 3.05) is 13.1 Å². The van der Waals surface area contributed by atoms with Gasteiger partial charge in [-0.2, -0.15) is 4.31 Å². The predicted octanol–water partition coefficient (Wildman–Crippen LogP) is 6.45. The largest absolute Gasteiger partial charge is 0.289 e. The van der Waals surface area contributed by atoms with Crippen LogP contribution in [0.1, 0.15) is 28.7 Å². The van der Waals surface area contributed by atoms with Gasteiger partial charge in [0.25, 0.3) is 0 Å². The van der Waals surface area contributed by atoms with Crippen molar-refractivity contribution < 1.29 is 13.2 Å². The van der Waals surface area contributed by atoms with Crippen molar-refractivity contribution in [3.05, 3.63) is 149 Å². The molecule has 1 heterocycles. The summed E-state index contributed by atoms with van der Waals surface area (Å²) in [6, 6.07) is 36.8. The lowest BCUT2D eigenvalue weighted by atomic mass is 9.71. The number of benzene rings is 4. The van der Waals surface area contributed by atoms with E-state index in [1.54, 1.807) is 22.5 Å². The van der Waals surface area contributed by atoms with Crippen LogP contribution < -0.4 is 0 Å². The second kappa shape index (κ2) is 9.92. The third-order valence-corrected chi connectivity index (χ3v) is 9.72. The summed E-state index contributed by atoms with van der Waals surface area (Å²) in [5.74, 6) is -0.0950. The van der Waals surface area contributed by atoms with Crippen molar-refractivity contribution in [3.63, 3.8) is 0 Å². The van der Waals surface area contributed by atoms with E-state index in [1.165, 1.54) is 0 Å². The van der Waals surface area contributed by atoms with Gasteiger partial charge in [0, 0.05) is 24.1 Å². The Kier molecular flexibility index (Phi) is 6.42. The highest BCUT2D eigenvalue weighted by molar-refractivity contribution is 7.89. The molecule has 1 atom stereocenters. The first-order valence-corrected chi connectivity index (χ1v) is 14.5. The van der Waals surface area contributed by atoms with Crippen LogP contribution in [0.4, 0.5) is 0 Å². The number of carbonyl (C=O) groups is 1. The molecule has 4 aromatic carbocycles. The maximum absolute atomic E-state index is 14.1. The molecule has 2 aliphatic rings. The topological polar surface area (TPSA) is 54.5 Å². The zero-order chi connectivity index (χ0) is 27.0. The Morgan fingerprint density at radius 1 is 0.718 bits per heavy atom. The Morgan fingerprint density at radius 2 is 1.28 bits per heavy atom. The van der Waals surface area contributed by atoms with Crippen molar-refractivity contribution in [2.24, 2.45) is 0 Å². The first-order valence-electron chi connectivity index (χ1n) is 13.1. The molecular weight excluding hydrogens is 502 g/mol. The third kappa shape index (κ3) is 4.48. The lowest BCUT2D eigenvalue weighted by Gasteiger charge is -2.32. The summed E-state index contributed by atoms with van der Waals surface area (Å²) in [5, 5.41) is 0. The number of allylic oxidation sites excluding steroid dienone is 3. The molecule has 1 saturated heterocycles. The Morgan fingerprint density at radius 3 is 1.90 bits per heavy atom. The highest BCUT2D eigenvalue weighted by Crippen LogP contribution is 2.50. The van der Waals surface area contributed by atoms with Crippen LogP contribution in [-0.4, -0.2) is 31.6 Å². The van der Waals surface area contributed by atoms with Crippen molar-refractivity contribution in [1.29, 1.82) is 0 Å². The molecule has 5 heteroatoms. The molecule has 4 nitrogen and oxygen atoms in total. The third-order valence-electron chi connectivity index (χ3n) is 7.91. The van der Waals surface area contributed by atoms with E-state index in [4.69, 9.17) is 0 Å². The Balaban J connectivity index is 1.55. The summed E-state index contributed by atoms with van der Waals surface area (Å²) in [6.07, 6.45) is 2.21. The summed E-state index contributed by atoms with van der Waals surface area (Å²) < 4.78 is 29.3. The highest BCUT2D eigenvalue weighted by Gasteiger charge is 2.50. The van der Waals surface area contributed by atoms with E-state index >= 15 is 0 Å². The van der Waals surface area contributed by atoms with Gasteiger partial charge in [-0.1, -0.05) is 109 Å². The molecule has 1 fully saturated rings. The van der Waals surface area contributed by atoms with Crippen molar-refractivity contribution in [3.8, 4) is 0 Å². The molecule has 0 radical (unpaired) electrons. The minimum Gasteiger partial charge on any atom is -0.289 e. The fourth-order valence-electron chi connectivity index (χ4n) is 5.89. The van der Waals surface area contributed by atoms with E-state index in [0.29, 0.717) is 12.0 Å². The zero-order valence-electron chi connectivity index (χ0n) is 21.7. The predicted molar refractivity (Wildman–Crippen MR) is 155 cm³/mol. The molecular formula is C34H29NO3S. The van der Waals surface area contributed by atoms with Gasteiger partial charge in [0.2, 0.25) is 10.0 Å². The Bertz CT molecular complexity index is 1690. The number of nitrogens with zero attached hydrogens (tertiary/aromatic N) is 1. The highest BCUT2D eigenvalue weighted by atomic mass is 32.2. The van der Waals surface area contributed by atoms with Crippen LogP contribution in [0, 0.1) is 6.92 Å². The van der Waals surface area contributed by atoms with Crippen LogP contribution in [0.5, 0.6) is 0 Å². The number of sulfonamides is 1. The van der Waals surface area contributed by atoms with Gasteiger partial charge in [-0.05, 0) is 59.4 Å². The van der Waals surface area contributed by atoms with Gasteiger partial charge in [0.1, 0.15) is 0 Å². The van der Waals surface area contributed by atoms with Gasteiger partial charge in [-0.25, -0.2) is 8.42 Å². The average Bonchev–Trinajstić information content (AvgIpc) is 3.28. The van der Waals surface area contributed by atoms with Crippen LogP contribution in [0.15, 0.2) is 132 Å². The lowest BCUT2D eigenvalue weighted by Crippen LogP contribution is -2.35. The van der Waals surface area contributed by atoms with Crippen LogP contribution in [-0.2, 0) is 20.2 Å².